The predicted molar refractivity (Wildman–Crippen MR) is 59.7 cm³/mol. The Morgan fingerprint density at radius 3 is 2.69 bits per heavy atom. The van der Waals surface area contributed by atoms with Crippen LogP contribution in [0.15, 0.2) is 12.7 Å². The van der Waals surface area contributed by atoms with E-state index in [0.717, 1.165) is 6.42 Å². The summed E-state index contributed by atoms with van der Waals surface area (Å²) in [5, 5.41) is 0. The molecule has 0 saturated heterocycles. The van der Waals surface area contributed by atoms with Crippen LogP contribution in [0.1, 0.15) is 33.6 Å². The minimum Gasteiger partial charge on any atom is -0.455 e. The summed E-state index contributed by atoms with van der Waals surface area (Å²) in [6.07, 6.45) is 2.61. The molecule has 0 N–H and O–H groups in total. The van der Waals surface area contributed by atoms with Crippen molar-refractivity contribution in [3.05, 3.63) is 12.7 Å². The van der Waals surface area contributed by atoms with E-state index >= 15 is 0 Å². The topological polar surface area (TPSA) is 43.4 Å². The summed E-state index contributed by atoms with van der Waals surface area (Å²) in [5.41, 5.74) is -0.697. The van der Waals surface area contributed by atoms with Gasteiger partial charge in [0, 0.05) is 17.9 Å². The molecule has 3 nitrogen and oxygen atoms in total. The average molecular weight is 222 g/mol. The molecular formula is C13H18O3. The molecule has 0 heterocycles. The number of carbonyl (C=O) groups is 2. The van der Waals surface area contributed by atoms with Crippen LogP contribution in [0.25, 0.3) is 0 Å². The fraction of sp³-hybridized carbons (Fsp3) is 0.692. The molecule has 0 aromatic heterocycles. The van der Waals surface area contributed by atoms with Crippen LogP contribution in [0.4, 0.5) is 0 Å². The summed E-state index contributed by atoms with van der Waals surface area (Å²) in [6, 6.07) is 0. The van der Waals surface area contributed by atoms with Crippen LogP contribution in [-0.2, 0) is 14.3 Å². The van der Waals surface area contributed by atoms with E-state index < -0.39 is 11.6 Å². The van der Waals surface area contributed by atoms with Crippen molar-refractivity contribution in [2.75, 3.05) is 0 Å². The van der Waals surface area contributed by atoms with Gasteiger partial charge in [0.2, 0.25) is 0 Å². The van der Waals surface area contributed by atoms with Gasteiger partial charge >= 0.3 is 5.97 Å². The summed E-state index contributed by atoms with van der Waals surface area (Å²) < 4.78 is 5.51. The molecule has 3 unspecified atom stereocenters. The zero-order chi connectivity index (χ0) is 12.1. The largest absolute Gasteiger partial charge is 0.455 e. The maximum Gasteiger partial charge on any atom is 0.330 e. The summed E-state index contributed by atoms with van der Waals surface area (Å²) in [7, 11) is 0. The second-order valence-electron chi connectivity index (χ2n) is 5.53. The Kier molecular flexibility index (Phi) is 2.26. The second-order valence-corrected chi connectivity index (χ2v) is 5.53. The van der Waals surface area contributed by atoms with Crippen molar-refractivity contribution >= 4 is 11.8 Å². The van der Waals surface area contributed by atoms with Gasteiger partial charge in [-0.1, -0.05) is 27.4 Å². The predicted octanol–water partition coefficient (Wildman–Crippen LogP) is 2.11. The zero-order valence-corrected chi connectivity index (χ0v) is 10.1. The molecule has 16 heavy (non-hydrogen) atoms. The molecule has 0 radical (unpaired) electrons. The number of ether oxygens (including phenoxy) is 1. The van der Waals surface area contributed by atoms with E-state index in [9.17, 15) is 9.59 Å². The molecule has 3 heteroatoms. The summed E-state index contributed by atoms with van der Waals surface area (Å²) in [6.45, 7) is 9.45. The van der Waals surface area contributed by atoms with E-state index in [4.69, 9.17) is 4.74 Å². The molecule has 0 spiro atoms. The summed E-state index contributed by atoms with van der Waals surface area (Å²) in [4.78, 5) is 23.2. The van der Waals surface area contributed by atoms with E-state index in [1.54, 1.807) is 0 Å². The molecule has 3 aliphatic carbocycles. The molecule has 0 aliphatic heterocycles. The van der Waals surface area contributed by atoms with Gasteiger partial charge in [0.1, 0.15) is 11.4 Å². The normalized spacial score (nSPS) is 39.8. The van der Waals surface area contributed by atoms with E-state index in [2.05, 4.69) is 20.4 Å². The second kappa shape index (κ2) is 3.19. The highest BCUT2D eigenvalue weighted by atomic mass is 16.6. The molecule has 0 amide bonds. The van der Waals surface area contributed by atoms with Crippen LogP contribution >= 0.6 is 0 Å². The maximum atomic E-state index is 11.8. The molecule has 88 valence electrons. The average Bonchev–Trinajstić information content (AvgIpc) is 2.23. The molecule has 2 bridgehead atoms. The lowest BCUT2D eigenvalue weighted by Crippen LogP contribution is -2.71. The molecule has 3 rings (SSSR count). The first-order valence-electron chi connectivity index (χ1n) is 5.73. The number of Topliss-reactive ketones (excluding diaryl/α,β-unsaturated/α-hetero) is 1. The fourth-order valence-electron chi connectivity index (χ4n) is 3.32. The van der Waals surface area contributed by atoms with E-state index in [0.29, 0.717) is 12.3 Å². The van der Waals surface area contributed by atoms with Crippen molar-refractivity contribution in [3.63, 3.8) is 0 Å². The van der Waals surface area contributed by atoms with Gasteiger partial charge in [-0.25, -0.2) is 4.79 Å². The van der Waals surface area contributed by atoms with Crippen molar-refractivity contribution in [3.8, 4) is 0 Å². The molecule has 0 aromatic rings. The van der Waals surface area contributed by atoms with E-state index in [1.165, 1.54) is 6.08 Å². The van der Waals surface area contributed by atoms with Gasteiger partial charge in [-0.15, -0.1) is 0 Å². The Morgan fingerprint density at radius 2 is 2.19 bits per heavy atom. The van der Waals surface area contributed by atoms with E-state index in [1.807, 2.05) is 6.92 Å². The van der Waals surface area contributed by atoms with Crippen LogP contribution in [0.3, 0.4) is 0 Å². The Labute approximate surface area is 95.9 Å². The van der Waals surface area contributed by atoms with E-state index in [-0.39, 0.29) is 17.1 Å². The molecule has 3 saturated carbocycles. The molecular weight excluding hydrogens is 204 g/mol. The number of ketones is 1. The minimum atomic E-state index is -0.599. The van der Waals surface area contributed by atoms with Crippen molar-refractivity contribution in [2.45, 2.75) is 39.2 Å². The van der Waals surface area contributed by atoms with Crippen LogP contribution in [0, 0.1) is 17.3 Å². The van der Waals surface area contributed by atoms with Gasteiger partial charge in [0.05, 0.1) is 5.92 Å². The van der Waals surface area contributed by atoms with Crippen LogP contribution in [0.5, 0.6) is 0 Å². The monoisotopic (exact) mass is 222 g/mol. The molecule has 3 aliphatic rings. The van der Waals surface area contributed by atoms with Gasteiger partial charge in [0.25, 0.3) is 0 Å². The Morgan fingerprint density at radius 1 is 1.56 bits per heavy atom. The van der Waals surface area contributed by atoms with Crippen LogP contribution < -0.4 is 0 Å². The number of rotatable bonds is 2. The fourth-order valence-corrected chi connectivity index (χ4v) is 3.32. The third-order valence-electron chi connectivity index (χ3n) is 4.74. The number of fused-ring (bicyclic) bond motifs is 2. The third kappa shape index (κ3) is 1.14. The van der Waals surface area contributed by atoms with Gasteiger partial charge < -0.3 is 4.74 Å². The van der Waals surface area contributed by atoms with Crippen molar-refractivity contribution in [1.82, 2.24) is 0 Å². The van der Waals surface area contributed by atoms with Crippen LogP contribution in [0.2, 0.25) is 0 Å². The van der Waals surface area contributed by atoms with Gasteiger partial charge in [-0.2, -0.15) is 0 Å². The van der Waals surface area contributed by atoms with Gasteiger partial charge in [-0.3, -0.25) is 4.79 Å². The Balaban J connectivity index is 2.32. The molecule has 3 atom stereocenters. The number of esters is 1. The lowest BCUT2D eigenvalue weighted by atomic mass is 9.42. The quantitative estimate of drug-likeness (QED) is 0.531. The van der Waals surface area contributed by atoms with Crippen molar-refractivity contribution in [1.29, 1.82) is 0 Å². The molecule has 0 aromatic carbocycles. The number of carbonyl (C=O) groups excluding carboxylic acids is 2. The first-order chi connectivity index (χ1) is 7.35. The highest BCUT2D eigenvalue weighted by Crippen LogP contribution is 2.64. The van der Waals surface area contributed by atoms with Crippen molar-refractivity contribution < 1.29 is 14.3 Å². The summed E-state index contributed by atoms with van der Waals surface area (Å²) in [5.74, 6) is -0.0503. The first kappa shape index (κ1) is 11.4. The standard InChI is InChI=1S/C13H18O3/c1-5-11(15)16-13-7-9(12(13,3)4)6-10(14)8(13)2/h5,8-9H,1,6-7H2,2-4H3. The zero-order valence-electron chi connectivity index (χ0n) is 10.1. The Hall–Kier alpha value is -1.12. The summed E-state index contributed by atoms with van der Waals surface area (Å²) >= 11 is 0. The number of hydrogen-bond donors (Lipinski definition) is 0. The highest BCUT2D eigenvalue weighted by molar-refractivity contribution is 5.87. The van der Waals surface area contributed by atoms with Gasteiger partial charge in [-0.05, 0) is 12.3 Å². The SMILES string of the molecule is C=CC(=O)OC12CC(CC(=O)C1C)C2(C)C. The van der Waals surface area contributed by atoms with Gasteiger partial charge in [0.15, 0.2) is 0 Å². The first-order valence-corrected chi connectivity index (χ1v) is 5.73. The van der Waals surface area contributed by atoms with Crippen LogP contribution in [-0.4, -0.2) is 17.4 Å². The Bertz CT molecular complexity index is 369. The smallest absolute Gasteiger partial charge is 0.330 e. The van der Waals surface area contributed by atoms with Crippen molar-refractivity contribution in [2.24, 2.45) is 17.3 Å². The maximum absolute atomic E-state index is 11.8. The highest BCUT2D eigenvalue weighted by Gasteiger charge is 2.69. The minimum absolute atomic E-state index is 0.0982. The number of hydrogen-bond acceptors (Lipinski definition) is 3. The lowest BCUT2D eigenvalue weighted by molar-refractivity contribution is -0.254. The third-order valence-corrected chi connectivity index (χ3v) is 4.74. The molecule has 3 fully saturated rings. The lowest BCUT2D eigenvalue weighted by Gasteiger charge is -2.65.